The smallest absolute Gasteiger partial charge is 0.319 e. The number of hydrogen-bond donors (Lipinski definition) is 2. The molecule has 3 rings (SSSR count). The second-order valence-electron chi connectivity index (χ2n) is 6.56. The standard InChI is InChI=1S/C20H25N3O3/c1-14-7-12-19(21-13-14)26-16-10-8-15(9-11-16)22-20(24)23-17-5-3-4-6-18(17)25-2/h3-7,12-13,15-16H,8-11H2,1-2H3,(H2,22,23,24). The van der Waals surface area contributed by atoms with Crippen LogP contribution in [-0.4, -0.2) is 30.3 Å². The zero-order valence-electron chi connectivity index (χ0n) is 15.2. The number of rotatable bonds is 5. The number of nitrogens with zero attached hydrogens (tertiary/aromatic N) is 1. The van der Waals surface area contributed by atoms with Crippen molar-refractivity contribution in [2.75, 3.05) is 12.4 Å². The highest BCUT2D eigenvalue weighted by Crippen LogP contribution is 2.25. The first-order valence-corrected chi connectivity index (χ1v) is 8.94. The van der Waals surface area contributed by atoms with Gasteiger partial charge in [-0.15, -0.1) is 0 Å². The Labute approximate surface area is 153 Å². The number of aryl methyl sites for hydroxylation is 1. The second-order valence-corrected chi connectivity index (χ2v) is 6.56. The first-order chi connectivity index (χ1) is 12.6. The lowest BCUT2D eigenvalue weighted by atomic mass is 9.93. The summed E-state index contributed by atoms with van der Waals surface area (Å²) in [6.45, 7) is 2.00. The summed E-state index contributed by atoms with van der Waals surface area (Å²) in [6, 6.07) is 11.2. The number of para-hydroxylation sites is 2. The first kappa shape index (κ1) is 18.0. The third-order valence-corrected chi connectivity index (χ3v) is 4.54. The molecule has 1 aliphatic rings. The van der Waals surface area contributed by atoms with Gasteiger partial charge in [-0.25, -0.2) is 9.78 Å². The van der Waals surface area contributed by atoms with Crippen molar-refractivity contribution in [1.29, 1.82) is 0 Å². The van der Waals surface area contributed by atoms with Crippen molar-refractivity contribution in [2.24, 2.45) is 0 Å². The van der Waals surface area contributed by atoms with Gasteiger partial charge in [0, 0.05) is 18.3 Å². The second kappa shape index (κ2) is 8.56. The largest absolute Gasteiger partial charge is 0.495 e. The number of benzene rings is 1. The molecule has 2 N–H and O–H groups in total. The minimum atomic E-state index is -0.209. The van der Waals surface area contributed by atoms with Crippen LogP contribution >= 0.6 is 0 Å². The summed E-state index contributed by atoms with van der Waals surface area (Å²) in [4.78, 5) is 16.5. The summed E-state index contributed by atoms with van der Waals surface area (Å²) in [5.74, 6) is 1.31. The topological polar surface area (TPSA) is 72.5 Å². The maximum absolute atomic E-state index is 12.2. The lowest BCUT2D eigenvalue weighted by Gasteiger charge is -2.29. The average Bonchev–Trinajstić information content (AvgIpc) is 2.65. The number of methoxy groups -OCH3 is 1. The molecule has 1 saturated carbocycles. The van der Waals surface area contributed by atoms with Crippen molar-refractivity contribution in [2.45, 2.75) is 44.8 Å². The monoisotopic (exact) mass is 355 g/mol. The van der Waals surface area contributed by atoms with E-state index in [4.69, 9.17) is 9.47 Å². The number of nitrogens with one attached hydrogen (secondary N) is 2. The lowest BCUT2D eigenvalue weighted by molar-refractivity contribution is 0.135. The van der Waals surface area contributed by atoms with Gasteiger partial charge in [-0.1, -0.05) is 18.2 Å². The van der Waals surface area contributed by atoms with Crippen LogP contribution in [-0.2, 0) is 0 Å². The highest BCUT2D eigenvalue weighted by atomic mass is 16.5. The number of carbonyl (C=O) groups excluding carboxylic acids is 1. The Morgan fingerprint density at radius 2 is 1.88 bits per heavy atom. The van der Waals surface area contributed by atoms with Crippen molar-refractivity contribution >= 4 is 11.7 Å². The molecular weight excluding hydrogens is 330 g/mol. The minimum absolute atomic E-state index is 0.149. The maximum Gasteiger partial charge on any atom is 0.319 e. The van der Waals surface area contributed by atoms with E-state index in [9.17, 15) is 4.79 Å². The highest BCUT2D eigenvalue weighted by Gasteiger charge is 2.24. The lowest BCUT2D eigenvalue weighted by Crippen LogP contribution is -2.41. The number of anilines is 1. The zero-order chi connectivity index (χ0) is 18.4. The molecule has 0 bridgehead atoms. The molecule has 0 unspecified atom stereocenters. The molecule has 0 saturated heterocycles. The van der Waals surface area contributed by atoms with Crippen LogP contribution in [0.4, 0.5) is 10.5 Å². The van der Waals surface area contributed by atoms with Crippen molar-refractivity contribution in [3.8, 4) is 11.6 Å². The number of aromatic nitrogens is 1. The Hall–Kier alpha value is -2.76. The van der Waals surface area contributed by atoms with Gasteiger partial charge < -0.3 is 20.1 Å². The van der Waals surface area contributed by atoms with E-state index >= 15 is 0 Å². The van der Waals surface area contributed by atoms with Gasteiger partial charge in [0.25, 0.3) is 0 Å². The van der Waals surface area contributed by atoms with Crippen LogP contribution in [0.5, 0.6) is 11.6 Å². The van der Waals surface area contributed by atoms with E-state index in [1.807, 2.05) is 49.5 Å². The number of urea groups is 1. The van der Waals surface area contributed by atoms with Crippen LogP contribution in [0.2, 0.25) is 0 Å². The molecule has 0 spiro atoms. The van der Waals surface area contributed by atoms with Crippen LogP contribution in [0.25, 0.3) is 0 Å². The molecular formula is C20H25N3O3. The van der Waals surface area contributed by atoms with E-state index in [-0.39, 0.29) is 18.2 Å². The van der Waals surface area contributed by atoms with Crippen LogP contribution in [0.3, 0.4) is 0 Å². The summed E-state index contributed by atoms with van der Waals surface area (Å²) in [5, 5.41) is 5.88. The number of hydrogen-bond acceptors (Lipinski definition) is 4. The predicted molar refractivity (Wildman–Crippen MR) is 101 cm³/mol. The van der Waals surface area contributed by atoms with E-state index in [0.29, 0.717) is 17.3 Å². The van der Waals surface area contributed by atoms with Crippen molar-refractivity contribution in [1.82, 2.24) is 10.3 Å². The Balaban J connectivity index is 1.44. The minimum Gasteiger partial charge on any atom is -0.495 e. The summed E-state index contributed by atoms with van der Waals surface area (Å²) in [7, 11) is 1.59. The molecule has 6 nitrogen and oxygen atoms in total. The molecule has 6 heteroatoms. The molecule has 1 aromatic carbocycles. The van der Waals surface area contributed by atoms with Gasteiger partial charge in [-0.3, -0.25) is 0 Å². The summed E-state index contributed by atoms with van der Waals surface area (Å²) in [5.41, 5.74) is 1.78. The van der Waals surface area contributed by atoms with Gasteiger partial charge in [-0.05, 0) is 50.3 Å². The molecule has 0 radical (unpaired) electrons. The molecule has 1 fully saturated rings. The van der Waals surface area contributed by atoms with Crippen LogP contribution in [0.1, 0.15) is 31.2 Å². The molecule has 1 aliphatic carbocycles. The summed E-state index contributed by atoms with van der Waals surface area (Å²) in [6.07, 6.45) is 5.53. The fraction of sp³-hybridized carbons (Fsp3) is 0.400. The fourth-order valence-corrected chi connectivity index (χ4v) is 3.11. The van der Waals surface area contributed by atoms with E-state index in [0.717, 1.165) is 31.2 Å². The quantitative estimate of drug-likeness (QED) is 0.853. The van der Waals surface area contributed by atoms with Crippen molar-refractivity contribution in [3.05, 3.63) is 48.2 Å². The van der Waals surface area contributed by atoms with Gasteiger partial charge >= 0.3 is 6.03 Å². The Kier molecular flexibility index (Phi) is 5.94. The van der Waals surface area contributed by atoms with E-state index < -0.39 is 0 Å². The highest BCUT2D eigenvalue weighted by molar-refractivity contribution is 5.91. The van der Waals surface area contributed by atoms with Crippen LogP contribution in [0.15, 0.2) is 42.6 Å². The van der Waals surface area contributed by atoms with E-state index in [1.54, 1.807) is 7.11 Å². The zero-order valence-corrected chi connectivity index (χ0v) is 15.2. The van der Waals surface area contributed by atoms with Gasteiger partial charge in [-0.2, -0.15) is 0 Å². The Morgan fingerprint density at radius 3 is 2.58 bits per heavy atom. The number of pyridine rings is 1. The van der Waals surface area contributed by atoms with Gasteiger partial charge in [0.05, 0.1) is 12.8 Å². The van der Waals surface area contributed by atoms with Crippen molar-refractivity contribution < 1.29 is 14.3 Å². The van der Waals surface area contributed by atoms with Gasteiger partial charge in [0.2, 0.25) is 5.88 Å². The number of amides is 2. The predicted octanol–water partition coefficient (Wildman–Crippen LogP) is 3.91. The third-order valence-electron chi connectivity index (χ3n) is 4.54. The number of ether oxygens (including phenoxy) is 2. The van der Waals surface area contributed by atoms with E-state index in [1.165, 1.54) is 0 Å². The molecule has 2 aromatic rings. The molecule has 138 valence electrons. The van der Waals surface area contributed by atoms with Crippen LogP contribution < -0.4 is 20.1 Å². The molecule has 1 aromatic heterocycles. The summed E-state index contributed by atoms with van der Waals surface area (Å²) < 4.78 is 11.2. The normalized spacial score (nSPS) is 19.5. The maximum atomic E-state index is 12.2. The average molecular weight is 355 g/mol. The summed E-state index contributed by atoms with van der Waals surface area (Å²) >= 11 is 0. The molecule has 2 amide bonds. The third kappa shape index (κ3) is 4.88. The molecule has 1 heterocycles. The molecule has 0 aliphatic heterocycles. The fourth-order valence-electron chi connectivity index (χ4n) is 3.11. The Morgan fingerprint density at radius 1 is 1.12 bits per heavy atom. The number of carbonyl (C=O) groups is 1. The first-order valence-electron chi connectivity index (χ1n) is 8.94. The molecule has 0 atom stereocenters. The molecule has 26 heavy (non-hydrogen) atoms. The van der Waals surface area contributed by atoms with Crippen molar-refractivity contribution in [3.63, 3.8) is 0 Å². The van der Waals surface area contributed by atoms with Gasteiger partial charge in [0.1, 0.15) is 11.9 Å². The van der Waals surface area contributed by atoms with Crippen LogP contribution in [0, 0.1) is 6.92 Å². The SMILES string of the molecule is COc1ccccc1NC(=O)NC1CCC(Oc2ccc(C)cn2)CC1. The van der Waals surface area contributed by atoms with E-state index in [2.05, 4.69) is 15.6 Å². The Bertz CT molecular complexity index is 725. The van der Waals surface area contributed by atoms with Gasteiger partial charge in [0.15, 0.2) is 0 Å².